The summed E-state index contributed by atoms with van der Waals surface area (Å²) in [5.41, 5.74) is 6.87. The highest BCUT2D eigenvalue weighted by atomic mass is 32.2. The average molecular weight is 526 g/mol. The predicted molar refractivity (Wildman–Crippen MR) is 156 cm³/mol. The summed E-state index contributed by atoms with van der Waals surface area (Å²) in [6.45, 7) is 7.02. The number of hydrogen-bond donors (Lipinski definition) is 1. The van der Waals surface area contributed by atoms with Crippen molar-refractivity contribution in [2.24, 2.45) is 0 Å². The van der Waals surface area contributed by atoms with E-state index in [1.807, 2.05) is 62.4 Å². The number of benzene rings is 4. The minimum absolute atomic E-state index is 0.184. The molecule has 5 aromatic rings. The fourth-order valence-corrected chi connectivity index (χ4v) is 5.91. The van der Waals surface area contributed by atoms with Gasteiger partial charge in [-0.25, -0.2) is 8.42 Å². The highest BCUT2D eigenvalue weighted by Crippen LogP contribution is 2.31. The van der Waals surface area contributed by atoms with Gasteiger partial charge in [0.2, 0.25) is 10.0 Å². The summed E-state index contributed by atoms with van der Waals surface area (Å²) >= 11 is 0. The summed E-state index contributed by atoms with van der Waals surface area (Å²) in [4.78, 5) is 13.0. The van der Waals surface area contributed by atoms with Gasteiger partial charge >= 0.3 is 0 Å². The van der Waals surface area contributed by atoms with Crippen molar-refractivity contribution in [3.63, 3.8) is 0 Å². The van der Waals surface area contributed by atoms with Gasteiger partial charge in [0.05, 0.1) is 18.5 Å². The van der Waals surface area contributed by atoms with Crippen molar-refractivity contribution in [1.29, 1.82) is 0 Å². The predicted octanol–water partition coefficient (Wildman–Crippen LogP) is 6.65. The van der Waals surface area contributed by atoms with Crippen molar-refractivity contribution in [2.75, 3.05) is 15.9 Å². The third-order valence-corrected chi connectivity index (χ3v) is 8.05. The van der Waals surface area contributed by atoms with Crippen LogP contribution in [0.3, 0.4) is 0 Å². The molecule has 0 saturated heterocycles. The van der Waals surface area contributed by atoms with Gasteiger partial charge in [-0.3, -0.25) is 9.10 Å². The average Bonchev–Trinajstić information content (AvgIpc) is 3.21. The third kappa shape index (κ3) is 4.89. The Morgan fingerprint density at radius 2 is 1.58 bits per heavy atom. The van der Waals surface area contributed by atoms with E-state index in [1.54, 1.807) is 24.3 Å². The third-order valence-electron chi connectivity index (χ3n) is 6.92. The monoisotopic (exact) mass is 525 g/mol. The SMILES string of the molecule is CCn1c2ccccc2c2cc(NC(=O)c3ccc(CN(c4cc(C)ccc4C)S(C)(=O)=O)cc3)ccc21. The number of aryl methyl sites for hydroxylation is 3. The molecule has 38 heavy (non-hydrogen) atoms. The zero-order chi connectivity index (χ0) is 27.0. The molecule has 0 bridgehead atoms. The largest absolute Gasteiger partial charge is 0.341 e. The van der Waals surface area contributed by atoms with Crippen molar-refractivity contribution in [3.05, 3.63) is 107 Å². The van der Waals surface area contributed by atoms with Crippen LogP contribution in [-0.2, 0) is 23.1 Å². The van der Waals surface area contributed by atoms with Crippen LogP contribution in [0.4, 0.5) is 11.4 Å². The van der Waals surface area contributed by atoms with Gasteiger partial charge in [0.15, 0.2) is 0 Å². The van der Waals surface area contributed by atoms with Crippen molar-refractivity contribution >= 4 is 49.1 Å². The number of anilines is 2. The summed E-state index contributed by atoms with van der Waals surface area (Å²) in [6, 6.07) is 27.1. The van der Waals surface area contributed by atoms with Gasteiger partial charge in [-0.1, -0.05) is 42.5 Å². The van der Waals surface area contributed by atoms with Crippen LogP contribution in [0, 0.1) is 13.8 Å². The van der Waals surface area contributed by atoms with Gasteiger partial charge in [0, 0.05) is 39.6 Å². The van der Waals surface area contributed by atoms with Crippen LogP contribution in [-0.4, -0.2) is 25.1 Å². The lowest BCUT2D eigenvalue weighted by Gasteiger charge is -2.25. The topological polar surface area (TPSA) is 71.4 Å². The van der Waals surface area contributed by atoms with E-state index in [0.29, 0.717) is 11.3 Å². The van der Waals surface area contributed by atoms with Crippen LogP contribution in [0.15, 0.2) is 84.9 Å². The van der Waals surface area contributed by atoms with E-state index in [2.05, 4.69) is 28.9 Å². The van der Waals surface area contributed by atoms with Gasteiger partial charge in [-0.05, 0) is 79.9 Å². The van der Waals surface area contributed by atoms with Crippen molar-refractivity contribution in [2.45, 2.75) is 33.9 Å². The van der Waals surface area contributed by atoms with E-state index in [-0.39, 0.29) is 12.5 Å². The Bertz CT molecular complexity index is 1770. The zero-order valence-corrected chi connectivity index (χ0v) is 22.8. The van der Waals surface area contributed by atoms with Gasteiger partial charge in [-0.2, -0.15) is 0 Å². The first-order chi connectivity index (χ1) is 18.2. The second-order valence-electron chi connectivity index (χ2n) is 9.70. The quantitative estimate of drug-likeness (QED) is 0.259. The first kappa shape index (κ1) is 25.5. The number of para-hydroxylation sites is 1. The Labute approximate surface area is 223 Å². The van der Waals surface area contributed by atoms with Crippen molar-refractivity contribution in [1.82, 2.24) is 4.57 Å². The first-order valence-corrected chi connectivity index (χ1v) is 14.5. The minimum atomic E-state index is -3.50. The first-order valence-electron chi connectivity index (χ1n) is 12.6. The Balaban J connectivity index is 1.37. The molecule has 1 aromatic heterocycles. The van der Waals surface area contributed by atoms with E-state index in [0.717, 1.165) is 45.2 Å². The Morgan fingerprint density at radius 1 is 0.868 bits per heavy atom. The van der Waals surface area contributed by atoms with Gasteiger partial charge in [-0.15, -0.1) is 0 Å². The van der Waals surface area contributed by atoms with E-state index < -0.39 is 10.0 Å². The Kier molecular flexibility index (Phi) is 6.71. The highest BCUT2D eigenvalue weighted by Gasteiger charge is 2.20. The molecule has 0 aliphatic heterocycles. The second-order valence-corrected chi connectivity index (χ2v) is 11.6. The Morgan fingerprint density at radius 3 is 2.29 bits per heavy atom. The Hall–Kier alpha value is -4.10. The summed E-state index contributed by atoms with van der Waals surface area (Å²) < 4.78 is 28.9. The number of carbonyl (C=O) groups is 1. The molecule has 0 saturated carbocycles. The molecule has 4 aromatic carbocycles. The molecular weight excluding hydrogens is 494 g/mol. The van der Waals surface area contributed by atoms with Crippen LogP contribution in [0.1, 0.15) is 34.0 Å². The normalized spacial score (nSPS) is 11.7. The van der Waals surface area contributed by atoms with Crippen molar-refractivity contribution < 1.29 is 13.2 Å². The summed E-state index contributed by atoms with van der Waals surface area (Å²) in [5, 5.41) is 5.27. The molecule has 6 nitrogen and oxygen atoms in total. The molecule has 0 fully saturated rings. The summed E-state index contributed by atoms with van der Waals surface area (Å²) in [7, 11) is -3.50. The number of amides is 1. The number of nitrogens with zero attached hydrogens (tertiary/aromatic N) is 2. The van der Waals surface area contributed by atoms with E-state index in [1.165, 1.54) is 16.1 Å². The van der Waals surface area contributed by atoms with E-state index in [4.69, 9.17) is 0 Å². The molecule has 1 amide bonds. The maximum absolute atomic E-state index is 13.0. The van der Waals surface area contributed by atoms with Crippen LogP contribution < -0.4 is 9.62 Å². The maximum Gasteiger partial charge on any atom is 0.255 e. The molecule has 1 heterocycles. The lowest BCUT2D eigenvalue weighted by molar-refractivity contribution is 0.102. The molecular formula is C31H31N3O3S. The molecule has 194 valence electrons. The fraction of sp³-hybridized carbons (Fsp3) is 0.194. The molecule has 0 aliphatic rings. The number of fused-ring (bicyclic) bond motifs is 3. The maximum atomic E-state index is 13.0. The van der Waals surface area contributed by atoms with Crippen molar-refractivity contribution in [3.8, 4) is 0 Å². The molecule has 7 heteroatoms. The van der Waals surface area contributed by atoms with Crippen LogP contribution in [0.2, 0.25) is 0 Å². The molecule has 0 atom stereocenters. The molecule has 0 spiro atoms. The number of rotatable bonds is 7. The van der Waals surface area contributed by atoms with Crippen LogP contribution >= 0.6 is 0 Å². The molecule has 1 N–H and O–H groups in total. The lowest BCUT2D eigenvalue weighted by atomic mass is 10.1. The molecule has 0 unspecified atom stereocenters. The second kappa shape index (κ2) is 9.99. The van der Waals surface area contributed by atoms with E-state index >= 15 is 0 Å². The molecule has 0 radical (unpaired) electrons. The zero-order valence-electron chi connectivity index (χ0n) is 22.0. The van der Waals surface area contributed by atoms with Gasteiger partial charge < -0.3 is 9.88 Å². The minimum Gasteiger partial charge on any atom is -0.341 e. The molecule has 5 rings (SSSR count). The van der Waals surface area contributed by atoms with Gasteiger partial charge in [0.25, 0.3) is 5.91 Å². The van der Waals surface area contributed by atoms with Crippen LogP contribution in [0.5, 0.6) is 0 Å². The summed E-state index contributed by atoms with van der Waals surface area (Å²) in [6.07, 6.45) is 1.21. The smallest absolute Gasteiger partial charge is 0.255 e. The number of carbonyl (C=O) groups excluding carboxylic acids is 1. The fourth-order valence-electron chi connectivity index (χ4n) is 4.97. The lowest BCUT2D eigenvalue weighted by Crippen LogP contribution is -2.30. The number of aromatic nitrogens is 1. The number of hydrogen-bond acceptors (Lipinski definition) is 3. The number of nitrogens with one attached hydrogen (secondary N) is 1. The summed E-state index contributed by atoms with van der Waals surface area (Å²) in [5.74, 6) is -0.218. The highest BCUT2D eigenvalue weighted by molar-refractivity contribution is 7.92. The van der Waals surface area contributed by atoms with Gasteiger partial charge in [0.1, 0.15) is 0 Å². The molecule has 0 aliphatic carbocycles. The number of sulfonamides is 1. The standard InChI is InChI=1S/C31H31N3O3S/c1-5-33-28-9-7-6-8-26(28)27-19-25(16-17-29(27)33)32-31(35)24-14-12-23(13-15-24)20-34(38(4,36)37)30-18-21(2)10-11-22(30)3/h6-19H,5,20H2,1-4H3,(H,32,35). The van der Waals surface area contributed by atoms with E-state index in [9.17, 15) is 13.2 Å². The van der Waals surface area contributed by atoms with Crippen LogP contribution in [0.25, 0.3) is 21.8 Å².